The summed E-state index contributed by atoms with van der Waals surface area (Å²) in [6.07, 6.45) is 1.49. The van der Waals surface area contributed by atoms with Crippen LogP contribution in [0, 0.1) is 0 Å². The second-order valence-corrected chi connectivity index (χ2v) is 5.86. The van der Waals surface area contributed by atoms with Gasteiger partial charge in [0.15, 0.2) is 0 Å². The third-order valence-electron chi connectivity index (χ3n) is 4.15. The Morgan fingerprint density at radius 3 is 2.00 bits per heavy atom. The largest absolute Gasteiger partial charge is 0.507 e. The SMILES string of the molecule is O=C(O)c1ccc(CCc2ccc3cc(O)c(C(=O)O)cc3c2)cc1. The van der Waals surface area contributed by atoms with Crippen molar-refractivity contribution in [2.45, 2.75) is 12.8 Å². The molecule has 0 unspecified atom stereocenters. The number of hydrogen-bond acceptors (Lipinski definition) is 3. The lowest BCUT2D eigenvalue weighted by Crippen LogP contribution is -1.98. The molecule has 0 aliphatic heterocycles. The van der Waals surface area contributed by atoms with Crippen LogP contribution in [0.3, 0.4) is 0 Å². The van der Waals surface area contributed by atoms with Gasteiger partial charge >= 0.3 is 11.9 Å². The zero-order chi connectivity index (χ0) is 18.0. The first-order valence-corrected chi connectivity index (χ1v) is 7.75. The number of aromatic hydroxyl groups is 1. The molecule has 25 heavy (non-hydrogen) atoms. The van der Waals surface area contributed by atoms with E-state index in [0.29, 0.717) is 0 Å². The number of phenols is 1. The van der Waals surface area contributed by atoms with Gasteiger partial charge < -0.3 is 15.3 Å². The Balaban J connectivity index is 1.80. The van der Waals surface area contributed by atoms with Gasteiger partial charge in [-0.3, -0.25) is 0 Å². The highest BCUT2D eigenvalue weighted by Crippen LogP contribution is 2.26. The molecule has 0 bridgehead atoms. The summed E-state index contributed by atoms with van der Waals surface area (Å²) >= 11 is 0. The van der Waals surface area contributed by atoms with E-state index in [1.165, 1.54) is 12.1 Å². The maximum atomic E-state index is 11.1. The van der Waals surface area contributed by atoms with Gasteiger partial charge in [0.1, 0.15) is 11.3 Å². The number of benzene rings is 3. The number of rotatable bonds is 5. The van der Waals surface area contributed by atoms with Crippen LogP contribution in [0.25, 0.3) is 10.8 Å². The average molecular weight is 336 g/mol. The Bertz CT molecular complexity index is 958. The number of fused-ring (bicyclic) bond motifs is 1. The lowest BCUT2D eigenvalue weighted by atomic mass is 9.99. The quantitative estimate of drug-likeness (QED) is 0.660. The molecule has 5 nitrogen and oxygen atoms in total. The van der Waals surface area contributed by atoms with Crippen molar-refractivity contribution >= 4 is 22.7 Å². The third kappa shape index (κ3) is 3.61. The van der Waals surface area contributed by atoms with Crippen LogP contribution < -0.4 is 0 Å². The minimum absolute atomic E-state index is 0.117. The monoisotopic (exact) mass is 336 g/mol. The summed E-state index contributed by atoms with van der Waals surface area (Å²) in [6.45, 7) is 0. The summed E-state index contributed by atoms with van der Waals surface area (Å²) in [6, 6.07) is 15.4. The van der Waals surface area contributed by atoms with Crippen molar-refractivity contribution in [3.8, 4) is 5.75 Å². The van der Waals surface area contributed by atoms with E-state index >= 15 is 0 Å². The highest BCUT2D eigenvalue weighted by atomic mass is 16.4. The molecule has 3 aromatic carbocycles. The van der Waals surface area contributed by atoms with Crippen LogP contribution in [0.1, 0.15) is 31.8 Å². The van der Waals surface area contributed by atoms with Crippen molar-refractivity contribution < 1.29 is 24.9 Å². The molecule has 0 radical (unpaired) electrons. The van der Waals surface area contributed by atoms with E-state index in [-0.39, 0.29) is 16.9 Å². The molecular weight excluding hydrogens is 320 g/mol. The van der Waals surface area contributed by atoms with Crippen molar-refractivity contribution in [2.24, 2.45) is 0 Å². The Labute approximate surface area is 143 Å². The average Bonchev–Trinajstić information content (AvgIpc) is 2.59. The van der Waals surface area contributed by atoms with Gasteiger partial charge in [-0.1, -0.05) is 30.3 Å². The number of carboxylic acids is 2. The van der Waals surface area contributed by atoms with Gasteiger partial charge in [0.2, 0.25) is 0 Å². The van der Waals surface area contributed by atoms with Crippen LogP contribution in [0.5, 0.6) is 5.75 Å². The molecule has 0 aliphatic carbocycles. The topological polar surface area (TPSA) is 94.8 Å². The Morgan fingerprint density at radius 1 is 0.720 bits per heavy atom. The standard InChI is InChI=1S/C20H16O5/c21-18-11-15-8-5-13(9-16(15)10-17(18)20(24)25)2-1-12-3-6-14(7-4-12)19(22)23/h3-11,21H,1-2H2,(H,22,23)(H,24,25). The van der Waals surface area contributed by atoms with Gasteiger partial charge in [-0.25, -0.2) is 9.59 Å². The van der Waals surface area contributed by atoms with Crippen molar-refractivity contribution in [2.75, 3.05) is 0 Å². The van der Waals surface area contributed by atoms with Crippen LogP contribution >= 0.6 is 0 Å². The van der Waals surface area contributed by atoms with Gasteiger partial charge in [0.25, 0.3) is 0 Å². The van der Waals surface area contributed by atoms with Crippen molar-refractivity contribution in [1.29, 1.82) is 0 Å². The number of hydrogen-bond donors (Lipinski definition) is 3. The van der Waals surface area contributed by atoms with E-state index in [1.54, 1.807) is 24.3 Å². The van der Waals surface area contributed by atoms with E-state index < -0.39 is 11.9 Å². The van der Waals surface area contributed by atoms with Crippen molar-refractivity contribution in [1.82, 2.24) is 0 Å². The first kappa shape index (κ1) is 16.5. The van der Waals surface area contributed by atoms with Crippen LogP contribution in [-0.2, 0) is 12.8 Å². The van der Waals surface area contributed by atoms with E-state index in [0.717, 1.165) is 34.7 Å². The highest BCUT2D eigenvalue weighted by molar-refractivity contribution is 5.97. The normalized spacial score (nSPS) is 10.7. The van der Waals surface area contributed by atoms with Gasteiger partial charge in [0.05, 0.1) is 5.56 Å². The smallest absolute Gasteiger partial charge is 0.339 e. The summed E-state index contributed by atoms with van der Waals surface area (Å²) in [4.78, 5) is 22.0. The summed E-state index contributed by atoms with van der Waals surface area (Å²) < 4.78 is 0. The van der Waals surface area contributed by atoms with Crippen molar-refractivity contribution in [3.05, 3.63) is 76.9 Å². The first-order valence-electron chi connectivity index (χ1n) is 7.75. The minimum atomic E-state index is -1.16. The molecule has 0 aliphatic rings. The minimum Gasteiger partial charge on any atom is -0.507 e. The maximum Gasteiger partial charge on any atom is 0.339 e. The number of aromatic carboxylic acids is 2. The van der Waals surface area contributed by atoms with E-state index in [1.807, 2.05) is 18.2 Å². The summed E-state index contributed by atoms with van der Waals surface area (Å²) in [5.41, 5.74) is 2.21. The fraction of sp³-hybridized carbons (Fsp3) is 0.100. The summed E-state index contributed by atoms with van der Waals surface area (Å²) in [5.74, 6) is -2.35. The molecular formula is C20H16O5. The third-order valence-corrected chi connectivity index (χ3v) is 4.15. The number of carbonyl (C=O) groups is 2. The molecule has 0 amide bonds. The Kier molecular flexibility index (Phi) is 4.39. The van der Waals surface area contributed by atoms with Crippen LogP contribution in [0.4, 0.5) is 0 Å². The van der Waals surface area contributed by atoms with Gasteiger partial charge in [-0.05, 0) is 59.0 Å². The summed E-state index contributed by atoms with van der Waals surface area (Å²) in [7, 11) is 0. The van der Waals surface area contributed by atoms with E-state index in [2.05, 4.69) is 0 Å². The molecule has 0 spiro atoms. The van der Waals surface area contributed by atoms with Gasteiger partial charge in [0, 0.05) is 0 Å². The van der Waals surface area contributed by atoms with Crippen LogP contribution in [0.2, 0.25) is 0 Å². The number of carboxylic acid groups (broad SMARTS) is 2. The predicted molar refractivity (Wildman–Crippen MR) is 93.4 cm³/mol. The molecule has 5 heteroatoms. The fourth-order valence-electron chi connectivity index (χ4n) is 2.76. The second-order valence-electron chi connectivity index (χ2n) is 5.86. The molecule has 0 fully saturated rings. The first-order chi connectivity index (χ1) is 11.9. The van der Waals surface area contributed by atoms with Crippen molar-refractivity contribution in [3.63, 3.8) is 0 Å². The molecule has 0 atom stereocenters. The zero-order valence-corrected chi connectivity index (χ0v) is 13.3. The number of aryl methyl sites for hydroxylation is 2. The molecule has 0 saturated heterocycles. The molecule has 0 saturated carbocycles. The zero-order valence-electron chi connectivity index (χ0n) is 13.3. The van der Waals surface area contributed by atoms with Gasteiger partial charge in [-0.15, -0.1) is 0 Å². The Hall–Kier alpha value is -3.34. The lowest BCUT2D eigenvalue weighted by molar-refractivity contribution is 0.0684. The fourth-order valence-corrected chi connectivity index (χ4v) is 2.76. The summed E-state index contributed by atoms with van der Waals surface area (Å²) in [5, 5.41) is 29.3. The molecule has 0 heterocycles. The van der Waals surface area contributed by atoms with Gasteiger partial charge in [-0.2, -0.15) is 0 Å². The molecule has 126 valence electrons. The van der Waals surface area contributed by atoms with E-state index in [4.69, 9.17) is 10.2 Å². The maximum absolute atomic E-state index is 11.1. The Morgan fingerprint density at radius 2 is 1.36 bits per heavy atom. The molecule has 3 rings (SSSR count). The van der Waals surface area contributed by atoms with E-state index in [9.17, 15) is 14.7 Å². The predicted octanol–water partition coefficient (Wildman–Crippen LogP) is 3.73. The highest BCUT2D eigenvalue weighted by Gasteiger charge is 2.11. The second kappa shape index (κ2) is 6.65. The molecule has 0 aromatic heterocycles. The molecule has 3 N–H and O–H groups in total. The molecule has 3 aromatic rings. The van der Waals surface area contributed by atoms with Crippen LogP contribution in [-0.4, -0.2) is 27.3 Å². The van der Waals surface area contributed by atoms with Crippen LogP contribution in [0.15, 0.2) is 54.6 Å². The lowest BCUT2D eigenvalue weighted by Gasteiger charge is -2.07.